The van der Waals surface area contributed by atoms with Gasteiger partial charge in [-0.15, -0.1) is 0 Å². The van der Waals surface area contributed by atoms with Crippen LogP contribution in [0.5, 0.6) is 5.75 Å². The van der Waals surface area contributed by atoms with Gasteiger partial charge in [-0.1, -0.05) is 32.9 Å². The number of carbonyl (C=O) groups excluding carboxylic acids is 1. The van der Waals surface area contributed by atoms with Gasteiger partial charge in [0.05, 0.1) is 7.11 Å². The van der Waals surface area contributed by atoms with Crippen LogP contribution >= 0.6 is 0 Å². The number of methoxy groups -OCH3 is 1. The molecule has 2 heterocycles. The Kier molecular flexibility index (Phi) is 7.62. The number of carbonyl (C=O) groups is 1. The van der Waals surface area contributed by atoms with E-state index in [1.54, 1.807) is 26.1 Å². The number of anilines is 4. The Balaban J connectivity index is 1.59. The number of ether oxygens (including phenoxy) is 1. The highest BCUT2D eigenvalue weighted by Crippen LogP contribution is 2.30. The lowest BCUT2D eigenvalue weighted by Crippen LogP contribution is -2.47. The predicted octanol–water partition coefficient (Wildman–Crippen LogP) is 5.47. The van der Waals surface area contributed by atoms with Crippen LogP contribution in [0.2, 0.25) is 0 Å². The van der Waals surface area contributed by atoms with E-state index in [4.69, 9.17) is 9.72 Å². The van der Waals surface area contributed by atoms with Crippen molar-refractivity contribution in [1.29, 1.82) is 0 Å². The Morgan fingerprint density at radius 1 is 0.946 bits per heavy atom. The Morgan fingerprint density at radius 2 is 1.59 bits per heavy atom. The molecule has 3 aromatic rings. The molecule has 7 nitrogen and oxygen atoms in total. The zero-order valence-electron chi connectivity index (χ0n) is 23.1. The number of aryl methyl sites for hydroxylation is 1. The smallest absolute Gasteiger partial charge is 0.253 e. The summed E-state index contributed by atoms with van der Waals surface area (Å²) in [5.74, 6) is 2.31. The van der Waals surface area contributed by atoms with Crippen molar-refractivity contribution in [3.8, 4) is 5.75 Å². The molecule has 0 radical (unpaired) electrons. The number of piperazine rings is 1. The third-order valence-electron chi connectivity index (χ3n) is 6.87. The minimum Gasteiger partial charge on any atom is -0.497 e. The first-order valence-electron chi connectivity index (χ1n) is 12.8. The normalized spacial score (nSPS) is 13.9. The van der Waals surface area contributed by atoms with Crippen molar-refractivity contribution >= 4 is 28.9 Å². The topological polar surface area (TPSA) is 60.9 Å². The fourth-order valence-electron chi connectivity index (χ4n) is 4.47. The van der Waals surface area contributed by atoms with Crippen LogP contribution in [0.25, 0.3) is 0 Å². The summed E-state index contributed by atoms with van der Waals surface area (Å²) in [7, 11) is 5.24. The standard InChI is InChI=1S/C30H39N5O2/c1-21-8-9-23(30(2,3)4)20-26(21)31-27-18-22(29(36)33(5)6)19-28(32-27)35-16-14-34(15-17-35)24-10-12-25(37-7)13-11-24/h8-13,18-20H,14-17H2,1-7H3,(H,31,32). The minimum atomic E-state index is -0.0382. The van der Waals surface area contributed by atoms with Gasteiger partial charge < -0.3 is 24.8 Å². The fraction of sp³-hybridized carbons (Fsp3) is 0.400. The molecule has 1 aliphatic heterocycles. The first-order chi connectivity index (χ1) is 17.5. The summed E-state index contributed by atoms with van der Waals surface area (Å²) >= 11 is 0. The summed E-state index contributed by atoms with van der Waals surface area (Å²) in [6, 6.07) is 18.4. The van der Waals surface area contributed by atoms with Crippen LogP contribution in [0.1, 0.15) is 42.3 Å². The molecule has 1 aromatic heterocycles. The van der Waals surface area contributed by atoms with Crippen molar-refractivity contribution in [1.82, 2.24) is 9.88 Å². The third-order valence-corrected chi connectivity index (χ3v) is 6.87. The van der Waals surface area contributed by atoms with E-state index in [9.17, 15) is 4.79 Å². The Labute approximate surface area is 221 Å². The van der Waals surface area contributed by atoms with Gasteiger partial charge in [-0.2, -0.15) is 0 Å². The number of hydrogen-bond acceptors (Lipinski definition) is 6. The van der Waals surface area contributed by atoms with Gasteiger partial charge in [-0.05, 0) is 65.9 Å². The number of nitrogens with zero attached hydrogens (tertiary/aromatic N) is 4. The highest BCUT2D eigenvalue weighted by molar-refractivity contribution is 5.95. The monoisotopic (exact) mass is 501 g/mol. The number of nitrogens with one attached hydrogen (secondary N) is 1. The third kappa shape index (κ3) is 6.16. The number of benzene rings is 2. The van der Waals surface area contributed by atoms with Gasteiger partial charge in [0.25, 0.3) is 5.91 Å². The van der Waals surface area contributed by atoms with Gasteiger partial charge in [0.15, 0.2) is 0 Å². The lowest BCUT2D eigenvalue weighted by molar-refractivity contribution is 0.0827. The summed E-state index contributed by atoms with van der Waals surface area (Å²) < 4.78 is 5.29. The lowest BCUT2D eigenvalue weighted by Gasteiger charge is -2.37. The predicted molar refractivity (Wildman–Crippen MR) is 153 cm³/mol. The second-order valence-corrected chi connectivity index (χ2v) is 10.9. The molecule has 196 valence electrons. The van der Waals surface area contributed by atoms with E-state index >= 15 is 0 Å². The summed E-state index contributed by atoms with van der Waals surface area (Å²) in [5.41, 5.74) is 5.23. The number of rotatable bonds is 6. The van der Waals surface area contributed by atoms with Crippen molar-refractivity contribution in [2.75, 3.05) is 62.5 Å². The summed E-state index contributed by atoms with van der Waals surface area (Å²) in [5, 5.41) is 3.51. The van der Waals surface area contributed by atoms with Crippen LogP contribution in [0, 0.1) is 6.92 Å². The number of hydrogen-bond donors (Lipinski definition) is 1. The second-order valence-electron chi connectivity index (χ2n) is 10.9. The summed E-state index contributed by atoms with van der Waals surface area (Å²) in [4.78, 5) is 24.1. The molecule has 0 aliphatic carbocycles. The average Bonchev–Trinajstić information content (AvgIpc) is 2.88. The van der Waals surface area contributed by atoms with E-state index in [0.717, 1.165) is 49.0 Å². The molecule has 0 bridgehead atoms. The molecule has 1 fully saturated rings. The SMILES string of the molecule is COc1ccc(N2CCN(c3cc(C(=O)N(C)C)cc(Nc4cc(C(C)(C)C)ccc4C)n3)CC2)cc1. The molecular formula is C30H39N5O2. The van der Waals surface area contributed by atoms with Crippen LogP contribution in [0.3, 0.4) is 0 Å². The van der Waals surface area contributed by atoms with E-state index in [1.807, 2.05) is 24.3 Å². The first kappa shape index (κ1) is 26.3. The zero-order chi connectivity index (χ0) is 26.7. The van der Waals surface area contributed by atoms with Gasteiger partial charge in [-0.25, -0.2) is 4.98 Å². The molecular weight excluding hydrogens is 462 g/mol. The molecule has 7 heteroatoms. The molecule has 37 heavy (non-hydrogen) atoms. The molecule has 1 aliphatic rings. The second kappa shape index (κ2) is 10.7. The molecule has 0 saturated carbocycles. The summed E-state index contributed by atoms with van der Waals surface area (Å²) in [6.45, 7) is 12.1. The highest BCUT2D eigenvalue weighted by Gasteiger charge is 2.22. The maximum absolute atomic E-state index is 13.0. The van der Waals surface area contributed by atoms with E-state index < -0.39 is 0 Å². The van der Waals surface area contributed by atoms with E-state index in [1.165, 1.54) is 11.3 Å². The maximum atomic E-state index is 13.0. The van der Waals surface area contributed by atoms with Gasteiger partial charge in [0.1, 0.15) is 17.4 Å². The largest absolute Gasteiger partial charge is 0.497 e. The number of pyridine rings is 1. The molecule has 4 rings (SSSR count). The quantitative estimate of drug-likeness (QED) is 0.483. The van der Waals surface area contributed by atoms with Crippen molar-refractivity contribution in [2.24, 2.45) is 0 Å². The Morgan fingerprint density at radius 3 is 2.19 bits per heavy atom. The van der Waals surface area contributed by atoms with Crippen molar-refractivity contribution in [3.63, 3.8) is 0 Å². The highest BCUT2D eigenvalue weighted by atomic mass is 16.5. The molecule has 0 unspecified atom stereocenters. The molecule has 1 saturated heterocycles. The van der Waals surface area contributed by atoms with Crippen molar-refractivity contribution in [2.45, 2.75) is 33.1 Å². The molecule has 1 N–H and O–H groups in total. The van der Waals surface area contributed by atoms with Crippen molar-refractivity contribution in [3.05, 3.63) is 71.3 Å². The zero-order valence-corrected chi connectivity index (χ0v) is 23.1. The Hall–Kier alpha value is -3.74. The van der Waals surface area contributed by atoms with Crippen LogP contribution in [-0.2, 0) is 5.41 Å². The van der Waals surface area contributed by atoms with Crippen LogP contribution in [-0.4, -0.2) is 63.2 Å². The molecule has 0 spiro atoms. The maximum Gasteiger partial charge on any atom is 0.253 e. The van der Waals surface area contributed by atoms with E-state index in [-0.39, 0.29) is 11.3 Å². The average molecular weight is 502 g/mol. The van der Waals surface area contributed by atoms with Gasteiger partial charge in [0.2, 0.25) is 0 Å². The number of amides is 1. The van der Waals surface area contributed by atoms with Crippen LogP contribution in [0.4, 0.5) is 23.0 Å². The molecule has 2 aromatic carbocycles. The summed E-state index contributed by atoms with van der Waals surface area (Å²) in [6.07, 6.45) is 0. The van der Waals surface area contributed by atoms with Gasteiger partial charge in [-0.3, -0.25) is 4.79 Å². The van der Waals surface area contributed by atoms with E-state index in [2.05, 4.69) is 73.1 Å². The van der Waals surface area contributed by atoms with Gasteiger partial charge in [0, 0.05) is 57.2 Å². The minimum absolute atomic E-state index is 0.0367. The first-order valence-corrected chi connectivity index (χ1v) is 12.8. The lowest BCUT2D eigenvalue weighted by atomic mass is 9.86. The molecule has 0 atom stereocenters. The van der Waals surface area contributed by atoms with Crippen molar-refractivity contribution < 1.29 is 9.53 Å². The van der Waals surface area contributed by atoms with Crippen LogP contribution in [0.15, 0.2) is 54.6 Å². The van der Waals surface area contributed by atoms with E-state index in [0.29, 0.717) is 11.4 Å². The Bertz CT molecular complexity index is 1240. The fourth-order valence-corrected chi connectivity index (χ4v) is 4.47. The van der Waals surface area contributed by atoms with Gasteiger partial charge >= 0.3 is 0 Å². The number of aromatic nitrogens is 1. The molecule has 1 amide bonds. The van der Waals surface area contributed by atoms with Crippen LogP contribution < -0.4 is 19.9 Å².